The quantitative estimate of drug-likeness (QED) is 0.878. The molecule has 17 heavy (non-hydrogen) atoms. The number of hydrogen-bond donors (Lipinski definition) is 1. The van der Waals surface area contributed by atoms with Crippen LogP contribution in [0, 0.1) is 5.92 Å². The van der Waals surface area contributed by atoms with Gasteiger partial charge in [0.15, 0.2) is 12.0 Å². The van der Waals surface area contributed by atoms with Gasteiger partial charge in [0, 0.05) is 0 Å². The van der Waals surface area contributed by atoms with Crippen LogP contribution in [0.3, 0.4) is 0 Å². The maximum absolute atomic E-state index is 10.9. The number of carboxylic acids is 1. The summed E-state index contributed by atoms with van der Waals surface area (Å²) in [6.45, 7) is 0. The number of carbonyl (C=O) groups is 1. The van der Waals surface area contributed by atoms with Crippen molar-refractivity contribution in [3.8, 4) is 0 Å². The van der Waals surface area contributed by atoms with E-state index in [0.717, 1.165) is 29.5 Å². The molecule has 4 heteroatoms. The predicted octanol–water partition coefficient (Wildman–Crippen LogP) is 2.80. The molecule has 1 N–H and O–H groups in total. The third kappa shape index (κ3) is 2.02. The van der Waals surface area contributed by atoms with E-state index < -0.39 is 5.97 Å². The molecule has 1 fully saturated rings. The Kier molecular flexibility index (Phi) is 2.35. The van der Waals surface area contributed by atoms with Gasteiger partial charge in [-0.1, -0.05) is 6.07 Å². The van der Waals surface area contributed by atoms with E-state index in [-0.39, 0.29) is 12.3 Å². The number of nitrogens with zero attached hydrogens (tertiary/aromatic N) is 1. The highest BCUT2D eigenvalue weighted by atomic mass is 16.4. The van der Waals surface area contributed by atoms with Gasteiger partial charge in [-0.2, -0.15) is 0 Å². The molecule has 88 valence electrons. The van der Waals surface area contributed by atoms with Crippen molar-refractivity contribution >= 4 is 17.1 Å². The van der Waals surface area contributed by atoms with Gasteiger partial charge in [0.05, 0.1) is 6.42 Å². The summed E-state index contributed by atoms with van der Waals surface area (Å²) in [5.74, 6) is -0.0915. The third-order valence-corrected chi connectivity index (χ3v) is 3.37. The molecule has 4 nitrogen and oxygen atoms in total. The van der Waals surface area contributed by atoms with Gasteiger partial charge in [0.25, 0.3) is 0 Å². The van der Waals surface area contributed by atoms with Crippen molar-refractivity contribution in [2.75, 3.05) is 0 Å². The summed E-state index contributed by atoms with van der Waals surface area (Å²) in [6.07, 6.45) is 3.88. The molecule has 0 bridgehead atoms. The number of hydrogen-bond acceptors (Lipinski definition) is 3. The predicted molar refractivity (Wildman–Crippen MR) is 61.7 cm³/mol. The van der Waals surface area contributed by atoms with Gasteiger partial charge >= 0.3 is 5.97 Å². The molecule has 0 aliphatic heterocycles. The van der Waals surface area contributed by atoms with Crippen LogP contribution in [-0.4, -0.2) is 16.1 Å². The lowest BCUT2D eigenvalue weighted by Crippen LogP contribution is -2.08. The molecule has 0 radical (unpaired) electrons. The summed E-state index contributed by atoms with van der Waals surface area (Å²) in [5, 5.41) is 8.96. The highest BCUT2D eigenvalue weighted by Gasteiger charge is 2.33. The lowest BCUT2D eigenvalue weighted by molar-refractivity contribution is -0.137. The number of oxazole rings is 1. The lowest BCUT2D eigenvalue weighted by atomic mass is 9.91. The maximum atomic E-state index is 10.9. The van der Waals surface area contributed by atoms with Gasteiger partial charge in [0.2, 0.25) is 0 Å². The van der Waals surface area contributed by atoms with Crippen LogP contribution in [0.15, 0.2) is 29.0 Å². The largest absolute Gasteiger partial charge is 0.481 e. The van der Waals surface area contributed by atoms with E-state index in [0.29, 0.717) is 5.92 Å². The van der Waals surface area contributed by atoms with Crippen LogP contribution in [0.1, 0.15) is 30.7 Å². The second-order valence-electron chi connectivity index (χ2n) is 4.62. The highest BCUT2D eigenvalue weighted by molar-refractivity contribution is 5.74. The SMILES string of the molecule is O=C(O)CC(c1ccc2ocnc2c1)C1CC1. The van der Waals surface area contributed by atoms with E-state index in [1.165, 1.54) is 6.39 Å². The Morgan fingerprint density at radius 1 is 1.53 bits per heavy atom. The first-order chi connectivity index (χ1) is 8.24. The minimum atomic E-state index is -0.734. The van der Waals surface area contributed by atoms with Crippen LogP contribution in [-0.2, 0) is 4.79 Å². The Hall–Kier alpha value is -1.84. The van der Waals surface area contributed by atoms with Gasteiger partial charge in [0.1, 0.15) is 5.52 Å². The number of benzene rings is 1. The van der Waals surface area contributed by atoms with Crippen LogP contribution in [0.4, 0.5) is 0 Å². The second-order valence-corrected chi connectivity index (χ2v) is 4.62. The Morgan fingerprint density at radius 3 is 3.06 bits per heavy atom. The van der Waals surface area contributed by atoms with Crippen LogP contribution in [0.25, 0.3) is 11.1 Å². The first-order valence-corrected chi connectivity index (χ1v) is 5.79. The van der Waals surface area contributed by atoms with Crippen molar-refractivity contribution in [2.24, 2.45) is 5.92 Å². The Balaban J connectivity index is 1.95. The summed E-state index contributed by atoms with van der Waals surface area (Å²) in [7, 11) is 0. The van der Waals surface area contributed by atoms with E-state index in [2.05, 4.69) is 4.98 Å². The molecule has 0 saturated heterocycles. The molecule has 1 aliphatic carbocycles. The molecule has 1 aromatic heterocycles. The fraction of sp³-hybridized carbons (Fsp3) is 0.385. The van der Waals surface area contributed by atoms with E-state index in [1.807, 2.05) is 18.2 Å². The zero-order valence-corrected chi connectivity index (χ0v) is 9.30. The topological polar surface area (TPSA) is 63.3 Å². The smallest absolute Gasteiger partial charge is 0.303 e. The highest BCUT2D eigenvalue weighted by Crippen LogP contribution is 2.44. The minimum absolute atomic E-state index is 0.119. The molecule has 0 spiro atoms. The van der Waals surface area contributed by atoms with Crippen molar-refractivity contribution in [2.45, 2.75) is 25.2 Å². The van der Waals surface area contributed by atoms with Gasteiger partial charge in [-0.05, 0) is 42.4 Å². The van der Waals surface area contributed by atoms with Crippen LogP contribution >= 0.6 is 0 Å². The van der Waals surface area contributed by atoms with Gasteiger partial charge in [-0.25, -0.2) is 4.98 Å². The van der Waals surface area contributed by atoms with Crippen LogP contribution in [0.5, 0.6) is 0 Å². The molecule has 0 amide bonds. The van der Waals surface area contributed by atoms with Gasteiger partial charge < -0.3 is 9.52 Å². The number of carboxylic acid groups (broad SMARTS) is 1. The average Bonchev–Trinajstić information content (AvgIpc) is 3.03. The van der Waals surface area contributed by atoms with Gasteiger partial charge in [-0.3, -0.25) is 4.79 Å². The van der Waals surface area contributed by atoms with Crippen LogP contribution < -0.4 is 0 Å². The van der Waals surface area contributed by atoms with Crippen molar-refractivity contribution in [3.05, 3.63) is 30.2 Å². The Bertz CT molecular complexity index is 557. The normalized spacial score (nSPS) is 17.2. The first kappa shape index (κ1) is 10.3. The fourth-order valence-corrected chi connectivity index (χ4v) is 2.35. The van der Waals surface area contributed by atoms with E-state index in [4.69, 9.17) is 9.52 Å². The van der Waals surface area contributed by atoms with Crippen molar-refractivity contribution < 1.29 is 14.3 Å². The summed E-state index contributed by atoms with van der Waals surface area (Å²) < 4.78 is 5.18. The van der Waals surface area contributed by atoms with Gasteiger partial charge in [-0.15, -0.1) is 0 Å². The summed E-state index contributed by atoms with van der Waals surface area (Å²) in [6, 6.07) is 5.78. The molecule has 2 aromatic rings. The summed E-state index contributed by atoms with van der Waals surface area (Å²) in [5.41, 5.74) is 2.62. The zero-order chi connectivity index (χ0) is 11.8. The standard InChI is InChI=1S/C13H13NO3/c15-13(16)6-10(8-1-2-8)9-3-4-12-11(5-9)14-7-17-12/h3-5,7-8,10H,1-2,6H2,(H,15,16). The molecular weight excluding hydrogens is 218 g/mol. The number of fused-ring (bicyclic) bond motifs is 1. The maximum Gasteiger partial charge on any atom is 0.303 e. The molecule has 1 aromatic carbocycles. The minimum Gasteiger partial charge on any atom is -0.481 e. The molecule has 3 rings (SSSR count). The first-order valence-electron chi connectivity index (χ1n) is 5.79. The molecule has 1 unspecified atom stereocenters. The molecular formula is C13H13NO3. The summed E-state index contributed by atoms with van der Waals surface area (Å²) in [4.78, 5) is 15.0. The summed E-state index contributed by atoms with van der Waals surface area (Å²) >= 11 is 0. The number of aliphatic carboxylic acids is 1. The van der Waals surface area contributed by atoms with Crippen molar-refractivity contribution in [3.63, 3.8) is 0 Å². The van der Waals surface area contributed by atoms with Crippen molar-refractivity contribution in [1.82, 2.24) is 4.98 Å². The van der Waals surface area contributed by atoms with E-state index in [9.17, 15) is 4.79 Å². The van der Waals surface area contributed by atoms with E-state index >= 15 is 0 Å². The molecule has 1 aliphatic rings. The van der Waals surface area contributed by atoms with Crippen molar-refractivity contribution in [1.29, 1.82) is 0 Å². The molecule has 1 saturated carbocycles. The monoisotopic (exact) mass is 231 g/mol. The Labute approximate surface area is 98.3 Å². The zero-order valence-electron chi connectivity index (χ0n) is 9.30. The van der Waals surface area contributed by atoms with E-state index in [1.54, 1.807) is 0 Å². The van der Waals surface area contributed by atoms with Crippen LogP contribution in [0.2, 0.25) is 0 Å². The Morgan fingerprint density at radius 2 is 2.35 bits per heavy atom. The average molecular weight is 231 g/mol. The third-order valence-electron chi connectivity index (χ3n) is 3.37. The fourth-order valence-electron chi connectivity index (χ4n) is 2.35. The second kappa shape index (κ2) is 3.87. The molecule has 1 atom stereocenters. The lowest BCUT2D eigenvalue weighted by Gasteiger charge is -2.13. The molecule has 1 heterocycles. The number of rotatable bonds is 4. The number of aromatic nitrogens is 1.